The van der Waals surface area contributed by atoms with Crippen molar-refractivity contribution in [2.75, 3.05) is 41.0 Å². The summed E-state index contributed by atoms with van der Waals surface area (Å²) in [6.07, 6.45) is -4.94. The van der Waals surface area contributed by atoms with Gasteiger partial charge in [-0.2, -0.15) is 13.2 Å². The number of aromatic amines is 2. The Bertz CT molecular complexity index is 2900. The van der Waals surface area contributed by atoms with Gasteiger partial charge in [0.2, 0.25) is 5.91 Å². The molecule has 3 aliphatic rings. The number of fused-ring (bicyclic) bond motifs is 6. The summed E-state index contributed by atoms with van der Waals surface area (Å²) in [7, 11) is 4.16. The fraction of sp³-hybridized carbons (Fsp3) is 0.388. The Balaban J connectivity index is 0.994. The van der Waals surface area contributed by atoms with Crippen molar-refractivity contribution in [2.24, 2.45) is 17.8 Å². The molecule has 4 aromatic carbocycles. The molecule has 9 rings (SSSR count). The van der Waals surface area contributed by atoms with Crippen LogP contribution in [0.5, 0.6) is 5.75 Å². The highest BCUT2D eigenvalue weighted by atomic mass is 19.4. The van der Waals surface area contributed by atoms with Crippen molar-refractivity contribution in [1.82, 2.24) is 40.0 Å². The lowest BCUT2D eigenvalue weighted by Gasteiger charge is -2.32. The number of methoxy groups -OCH3 is 2. The van der Waals surface area contributed by atoms with Crippen LogP contribution in [0.15, 0.2) is 79.0 Å². The third-order valence-corrected chi connectivity index (χ3v) is 13.5. The first-order chi connectivity index (χ1) is 32.5. The number of likely N-dealkylation sites (tertiary alicyclic amines) is 2. The van der Waals surface area contributed by atoms with Crippen LogP contribution in [0.4, 0.5) is 22.8 Å². The summed E-state index contributed by atoms with van der Waals surface area (Å²) >= 11 is 0. The van der Waals surface area contributed by atoms with E-state index in [0.29, 0.717) is 47.9 Å². The third kappa shape index (κ3) is 8.54. The maximum Gasteiger partial charge on any atom is 0.407 e. The minimum absolute atomic E-state index is 0.0120. The topological polar surface area (TPSA) is 195 Å². The van der Waals surface area contributed by atoms with Gasteiger partial charge in [0.15, 0.2) is 0 Å². The predicted molar refractivity (Wildman–Crippen MR) is 243 cm³/mol. The lowest BCUT2D eigenvalue weighted by molar-refractivity contribution is -0.171. The fourth-order valence-electron chi connectivity index (χ4n) is 9.96. The van der Waals surface area contributed by atoms with E-state index in [1.807, 2.05) is 48.5 Å². The summed E-state index contributed by atoms with van der Waals surface area (Å²) in [6, 6.07) is 18.9. The molecule has 68 heavy (non-hydrogen) atoms. The number of likely N-dealkylation sites (N-methyl/N-ethyl adjacent to an activating group) is 1. The van der Waals surface area contributed by atoms with Crippen LogP contribution in [-0.2, 0) is 25.7 Å². The summed E-state index contributed by atoms with van der Waals surface area (Å²) in [5, 5.41) is 14.2. The number of benzene rings is 4. The molecule has 3 aliphatic heterocycles. The van der Waals surface area contributed by atoms with Crippen LogP contribution in [0.2, 0.25) is 0 Å². The van der Waals surface area contributed by atoms with Gasteiger partial charge in [-0.1, -0.05) is 62.4 Å². The normalized spacial score (nSPS) is 20.0. The average Bonchev–Trinajstić information content (AvgIpc) is 4.16. The number of aromatic nitrogens is 4. The van der Waals surface area contributed by atoms with E-state index in [-0.39, 0.29) is 24.3 Å². The van der Waals surface area contributed by atoms with Gasteiger partial charge in [-0.25, -0.2) is 19.6 Å². The Hall–Kier alpha value is -7.15. The first kappa shape index (κ1) is 46.0. The number of amides is 4. The number of halogens is 3. The largest absolute Gasteiger partial charge is 0.488 e. The third-order valence-electron chi connectivity index (χ3n) is 13.5. The Morgan fingerprint density at radius 2 is 1.68 bits per heavy atom. The highest BCUT2D eigenvalue weighted by molar-refractivity contribution is 6.07. The predicted octanol–water partition coefficient (Wildman–Crippen LogP) is 8.39. The van der Waals surface area contributed by atoms with E-state index in [0.717, 1.165) is 55.5 Å². The summed E-state index contributed by atoms with van der Waals surface area (Å²) in [5.74, 6) is -1.82. The van der Waals surface area contributed by atoms with Gasteiger partial charge in [-0.15, -0.1) is 0 Å². The number of carbonyl (C=O) groups is 4. The Labute approximate surface area is 388 Å². The van der Waals surface area contributed by atoms with Crippen molar-refractivity contribution in [3.05, 3.63) is 102 Å². The molecule has 2 fully saturated rings. The lowest BCUT2D eigenvalue weighted by atomic mass is 9.92. The van der Waals surface area contributed by atoms with E-state index in [1.165, 1.54) is 13.2 Å². The molecule has 6 atom stereocenters. The van der Waals surface area contributed by atoms with E-state index in [2.05, 4.69) is 25.0 Å². The van der Waals surface area contributed by atoms with Crippen LogP contribution in [0.25, 0.3) is 44.2 Å². The SMILES string of the molecule is COC[C@H]1C[C@@H](c2nc3ccc4cc5c(cc4c3[nH]2)OCc2cc(-c3cnc([C@@H]4C[C@H](C(F)(F)F)CN4C(=O)[C@@H](NC(=O)OC)C(C)C)[nH]3)ccc2-5)N(C(=O)[C@@H](c2ccccc2)N(C)C(=O)O)C1. The summed E-state index contributed by atoms with van der Waals surface area (Å²) in [4.78, 5) is 72.7. The molecule has 16 nitrogen and oxygen atoms in total. The summed E-state index contributed by atoms with van der Waals surface area (Å²) in [6.45, 7) is 3.79. The second-order valence-electron chi connectivity index (χ2n) is 18.1. The second kappa shape index (κ2) is 18.2. The van der Waals surface area contributed by atoms with E-state index in [1.54, 1.807) is 50.1 Å². The highest BCUT2D eigenvalue weighted by Gasteiger charge is 2.51. The van der Waals surface area contributed by atoms with E-state index in [4.69, 9.17) is 14.5 Å². The Morgan fingerprint density at radius 3 is 2.38 bits per heavy atom. The number of carbonyl (C=O) groups excluding carboxylic acids is 3. The van der Waals surface area contributed by atoms with Crippen molar-refractivity contribution in [3.63, 3.8) is 0 Å². The number of nitrogens with zero attached hydrogens (tertiary/aromatic N) is 5. The summed E-state index contributed by atoms with van der Waals surface area (Å²) < 4.78 is 59.0. The number of ether oxygens (including phenoxy) is 3. The number of nitrogens with one attached hydrogen (secondary N) is 3. The van der Waals surface area contributed by atoms with Crippen LogP contribution >= 0.6 is 0 Å². The minimum Gasteiger partial charge on any atom is -0.488 e. The molecule has 0 unspecified atom stereocenters. The fourth-order valence-corrected chi connectivity index (χ4v) is 9.96. The van der Waals surface area contributed by atoms with Gasteiger partial charge in [0.25, 0.3) is 5.91 Å². The number of alkyl halides is 3. The number of alkyl carbamates (subject to hydrolysis) is 1. The van der Waals surface area contributed by atoms with Gasteiger partial charge in [0.05, 0.1) is 54.6 Å². The molecule has 4 N–H and O–H groups in total. The number of carboxylic acid groups (broad SMARTS) is 1. The molecular weight excluding hydrogens is 886 g/mol. The molecule has 4 amide bonds. The highest BCUT2D eigenvalue weighted by Crippen LogP contribution is 2.46. The van der Waals surface area contributed by atoms with Crippen molar-refractivity contribution >= 4 is 45.8 Å². The molecule has 0 bridgehead atoms. The maximum absolute atomic E-state index is 14.5. The molecule has 0 spiro atoms. The molecule has 0 aliphatic carbocycles. The zero-order chi connectivity index (χ0) is 48.2. The van der Waals surface area contributed by atoms with Crippen LogP contribution in [-0.4, -0.2) is 117 Å². The van der Waals surface area contributed by atoms with E-state index < -0.39 is 73.2 Å². The molecule has 356 valence electrons. The Kier molecular flexibility index (Phi) is 12.3. The maximum atomic E-state index is 14.5. The standard InChI is InChI=1S/C49H51F3N8O8/c1-25(2)40(57-47(63)67-5)45(61)60-22-31(49(50,51)52)18-38(60)43-53-20-36(55-43)29-11-13-32-30(16-29)24-68-39-19-33-28(17-34(32)39)12-14-35-41(33)56-44(54-35)37-15-26(23-66-4)21-59(37)46(62)42(58(3)48(64)65)27-9-7-6-8-10-27/h6-14,16-17,19-20,25-26,31,37-38,40,42H,15,18,21-24H2,1-5H3,(H,53,55)(H,54,56)(H,57,63)(H,64,65)/t26-,31-,37-,38-,40-,42+/m0/s1. The van der Waals surface area contributed by atoms with Crippen molar-refractivity contribution in [3.8, 4) is 28.1 Å². The van der Waals surface area contributed by atoms with Crippen LogP contribution in [0.3, 0.4) is 0 Å². The number of H-pyrrole nitrogens is 2. The molecule has 6 aromatic rings. The molecule has 19 heteroatoms. The molecule has 2 aromatic heterocycles. The van der Waals surface area contributed by atoms with Gasteiger partial charge in [-0.3, -0.25) is 14.5 Å². The number of hydrogen-bond donors (Lipinski definition) is 4. The first-order valence-electron chi connectivity index (χ1n) is 22.3. The first-order valence-corrected chi connectivity index (χ1v) is 22.3. The number of imidazole rings is 2. The van der Waals surface area contributed by atoms with Crippen molar-refractivity contribution < 1.29 is 51.7 Å². The monoisotopic (exact) mass is 936 g/mol. The summed E-state index contributed by atoms with van der Waals surface area (Å²) in [5.41, 5.74) is 5.93. The molecule has 0 saturated carbocycles. The number of rotatable bonds is 11. The second-order valence-corrected chi connectivity index (χ2v) is 18.1. The number of hydrogen-bond acceptors (Lipinski definition) is 9. The van der Waals surface area contributed by atoms with Gasteiger partial charge in [0, 0.05) is 44.1 Å². The Morgan fingerprint density at radius 1 is 0.926 bits per heavy atom. The van der Waals surface area contributed by atoms with Gasteiger partial charge < -0.3 is 44.4 Å². The van der Waals surface area contributed by atoms with Crippen LogP contribution in [0, 0.1) is 17.8 Å². The zero-order valence-electron chi connectivity index (χ0n) is 38.0. The average molecular weight is 937 g/mol. The quantitative estimate of drug-likeness (QED) is 0.0980. The molecule has 5 heterocycles. The van der Waals surface area contributed by atoms with E-state index in [9.17, 15) is 37.5 Å². The zero-order valence-corrected chi connectivity index (χ0v) is 38.0. The molecular formula is C49H51F3N8O8. The van der Waals surface area contributed by atoms with Gasteiger partial charge in [-0.05, 0) is 70.7 Å². The van der Waals surface area contributed by atoms with Crippen LogP contribution < -0.4 is 10.1 Å². The van der Waals surface area contributed by atoms with Crippen molar-refractivity contribution in [1.29, 1.82) is 0 Å². The van der Waals surface area contributed by atoms with E-state index >= 15 is 0 Å². The minimum atomic E-state index is -4.55. The molecule has 2 saturated heterocycles. The smallest absolute Gasteiger partial charge is 0.407 e. The molecule has 0 radical (unpaired) electrons. The van der Waals surface area contributed by atoms with Gasteiger partial charge >= 0.3 is 18.4 Å². The van der Waals surface area contributed by atoms with Crippen LogP contribution in [0.1, 0.15) is 67.6 Å². The van der Waals surface area contributed by atoms with Crippen molar-refractivity contribution in [2.45, 2.75) is 63.6 Å². The lowest BCUT2D eigenvalue weighted by Crippen LogP contribution is -2.51. The van der Waals surface area contributed by atoms with Gasteiger partial charge in [0.1, 0.15) is 36.1 Å².